The van der Waals surface area contributed by atoms with E-state index in [1.165, 1.54) is 11.1 Å². The zero-order valence-electron chi connectivity index (χ0n) is 12.9. The quantitative estimate of drug-likeness (QED) is 0.795. The Hall–Kier alpha value is -1.70. The van der Waals surface area contributed by atoms with Gasteiger partial charge in [-0.15, -0.1) is 0 Å². The molecule has 2 aromatic heterocycles. The molecule has 0 aliphatic heterocycles. The van der Waals surface area contributed by atoms with Crippen LogP contribution in [-0.4, -0.2) is 9.97 Å². The molecular weight excluding hydrogens is 244 g/mol. The van der Waals surface area contributed by atoms with Gasteiger partial charge in [-0.2, -0.15) is 0 Å². The molecule has 0 unspecified atom stereocenters. The van der Waals surface area contributed by atoms with Gasteiger partial charge in [0.1, 0.15) is 0 Å². The molecule has 0 atom stereocenters. The molecule has 2 heteroatoms. The molecule has 0 N–H and O–H groups in total. The van der Waals surface area contributed by atoms with Crippen LogP contribution in [0.25, 0.3) is 11.4 Å². The van der Waals surface area contributed by atoms with Crippen LogP contribution in [0.3, 0.4) is 0 Å². The van der Waals surface area contributed by atoms with E-state index in [-0.39, 0.29) is 0 Å². The van der Waals surface area contributed by atoms with Crippen molar-refractivity contribution in [3.63, 3.8) is 0 Å². The standard InChI is InChI=1S/C18H24N2/c1-13(2)9-15-5-7-17(19-11-15)18-8-6-16(12-20-18)10-14(3)4/h5-8,11-14H,9-10H2,1-4H3. The van der Waals surface area contributed by atoms with Crippen LogP contribution in [0.2, 0.25) is 0 Å². The molecule has 0 spiro atoms. The minimum atomic E-state index is 0.663. The molecule has 0 saturated carbocycles. The summed E-state index contributed by atoms with van der Waals surface area (Å²) in [5, 5.41) is 0. The van der Waals surface area contributed by atoms with Crippen molar-refractivity contribution in [2.24, 2.45) is 11.8 Å². The van der Waals surface area contributed by atoms with Gasteiger partial charge in [0.25, 0.3) is 0 Å². The lowest BCUT2D eigenvalue weighted by Gasteiger charge is -2.07. The first-order valence-electron chi connectivity index (χ1n) is 7.45. The van der Waals surface area contributed by atoms with Gasteiger partial charge in [0.05, 0.1) is 11.4 Å². The molecule has 0 fully saturated rings. The van der Waals surface area contributed by atoms with E-state index in [0.717, 1.165) is 24.2 Å². The fourth-order valence-electron chi connectivity index (χ4n) is 2.34. The summed E-state index contributed by atoms with van der Waals surface area (Å²) < 4.78 is 0. The third-order valence-corrected chi connectivity index (χ3v) is 3.20. The molecule has 0 saturated heterocycles. The topological polar surface area (TPSA) is 25.8 Å². The molecule has 0 radical (unpaired) electrons. The highest BCUT2D eigenvalue weighted by molar-refractivity contribution is 5.54. The third-order valence-electron chi connectivity index (χ3n) is 3.20. The maximum Gasteiger partial charge on any atom is 0.0886 e. The van der Waals surface area contributed by atoms with Gasteiger partial charge >= 0.3 is 0 Å². The lowest BCUT2D eigenvalue weighted by Crippen LogP contribution is -1.97. The normalized spacial score (nSPS) is 11.3. The van der Waals surface area contributed by atoms with Crippen molar-refractivity contribution in [2.45, 2.75) is 40.5 Å². The Morgan fingerprint density at radius 3 is 1.35 bits per heavy atom. The molecule has 0 amide bonds. The molecule has 106 valence electrons. The highest BCUT2D eigenvalue weighted by atomic mass is 14.8. The second kappa shape index (κ2) is 6.65. The summed E-state index contributed by atoms with van der Waals surface area (Å²) >= 11 is 0. The van der Waals surface area contributed by atoms with Crippen LogP contribution in [0.4, 0.5) is 0 Å². The maximum absolute atomic E-state index is 4.53. The third kappa shape index (κ3) is 4.16. The summed E-state index contributed by atoms with van der Waals surface area (Å²) in [4.78, 5) is 9.06. The van der Waals surface area contributed by atoms with E-state index >= 15 is 0 Å². The fraction of sp³-hybridized carbons (Fsp3) is 0.444. The van der Waals surface area contributed by atoms with Gasteiger partial charge in [0.2, 0.25) is 0 Å². The molecule has 0 aromatic carbocycles. The predicted molar refractivity (Wildman–Crippen MR) is 84.6 cm³/mol. The van der Waals surface area contributed by atoms with Crippen molar-refractivity contribution >= 4 is 0 Å². The molecule has 0 aliphatic rings. The van der Waals surface area contributed by atoms with E-state index in [4.69, 9.17) is 0 Å². The molecule has 0 aliphatic carbocycles. The summed E-state index contributed by atoms with van der Waals surface area (Å²) in [5.74, 6) is 1.33. The van der Waals surface area contributed by atoms with Crippen molar-refractivity contribution in [3.8, 4) is 11.4 Å². The lowest BCUT2D eigenvalue weighted by atomic mass is 10.0. The largest absolute Gasteiger partial charge is 0.254 e. The summed E-state index contributed by atoms with van der Waals surface area (Å²) in [6, 6.07) is 8.46. The Kier molecular flexibility index (Phi) is 4.89. The van der Waals surface area contributed by atoms with E-state index in [1.807, 2.05) is 12.4 Å². The number of nitrogens with zero attached hydrogens (tertiary/aromatic N) is 2. The van der Waals surface area contributed by atoms with Gasteiger partial charge in [-0.05, 0) is 47.9 Å². The molecular formula is C18H24N2. The number of hydrogen-bond acceptors (Lipinski definition) is 2. The predicted octanol–water partition coefficient (Wildman–Crippen LogP) is 4.54. The zero-order chi connectivity index (χ0) is 14.5. The number of pyridine rings is 2. The second-order valence-electron chi connectivity index (χ2n) is 6.30. The smallest absolute Gasteiger partial charge is 0.0886 e. The van der Waals surface area contributed by atoms with Gasteiger partial charge in [-0.3, -0.25) is 9.97 Å². The zero-order valence-corrected chi connectivity index (χ0v) is 12.9. The average Bonchev–Trinajstić information content (AvgIpc) is 2.39. The number of hydrogen-bond donors (Lipinski definition) is 0. The van der Waals surface area contributed by atoms with Gasteiger partial charge < -0.3 is 0 Å². The fourth-order valence-corrected chi connectivity index (χ4v) is 2.34. The van der Waals surface area contributed by atoms with Crippen molar-refractivity contribution in [1.29, 1.82) is 0 Å². The minimum Gasteiger partial charge on any atom is -0.254 e. The Balaban J connectivity index is 2.11. The first-order valence-corrected chi connectivity index (χ1v) is 7.45. The van der Waals surface area contributed by atoms with Crippen molar-refractivity contribution in [1.82, 2.24) is 9.97 Å². The van der Waals surface area contributed by atoms with Crippen LogP contribution in [0.1, 0.15) is 38.8 Å². The van der Waals surface area contributed by atoms with Crippen LogP contribution in [0, 0.1) is 11.8 Å². The lowest BCUT2D eigenvalue weighted by molar-refractivity contribution is 0.645. The van der Waals surface area contributed by atoms with Crippen LogP contribution < -0.4 is 0 Å². The number of rotatable bonds is 5. The summed E-state index contributed by atoms with van der Waals surface area (Å²) in [6.07, 6.45) is 6.10. The highest BCUT2D eigenvalue weighted by Gasteiger charge is 2.04. The van der Waals surface area contributed by atoms with Gasteiger partial charge in [-0.25, -0.2) is 0 Å². The SMILES string of the molecule is CC(C)Cc1ccc(-c2ccc(CC(C)C)cn2)nc1. The monoisotopic (exact) mass is 268 g/mol. The van der Waals surface area contributed by atoms with Gasteiger partial charge in [-0.1, -0.05) is 39.8 Å². The van der Waals surface area contributed by atoms with Gasteiger partial charge in [0.15, 0.2) is 0 Å². The van der Waals surface area contributed by atoms with E-state index in [2.05, 4.69) is 61.9 Å². The van der Waals surface area contributed by atoms with E-state index < -0.39 is 0 Å². The van der Waals surface area contributed by atoms with Crippen molar-refractivity contribution in [3.05, 3.63) is 47.8 Å². The first kappa shape index (κ1) is 14.7. The summed E-state index contributed by atoms with van der Waals surface area (Å²) in [5.41, 5.74) is 4.49. The Morgan fingerprint density at radius 2 is 1.10 bits per heavy atom. The molecule has 20 heavy (non-hydrogen) atoms. The van der Waals surface area contributed by atoms with E-state index in [1.54, 1.807) is 0 Å². The molecule has 2 rings (SSSR count). The van der Waals surface area contributed by atoms with Crippen LogP contribution in [0.15, 0.2) is 36.7 Å². The van der Waals surface area contributed by atoms with Crippen LogP contribution in [-0.2, 0) is 12.8 Å². The summed E-state index contributed by atoms with van der Waals surface area (Å²) in [6.45, 7) is 8.90. The second-order valence-corrected chi connectivity index (χ2v) is 6.30. The minimum absolute atomic E-state index is 0.663. The van der Waals surface area contributed by atoms with Crippen molar-refractivity contribution < 1.29 is 0 Å². The molecule has 2 aromatic rings. The Bertz CT molecular complexity index is 473. The summed E-state index contributed by atoms with van der Waals surface area (Å²) in [7, 11) is 0. The average molecular weight is 268 g/mol. The molecule has 2 nitrogen and oxygen atoms in total. The van der Waals surface area contributed by atoms with Crippen LogP contribution in [0.5, 0.6) is 0 Å². The van der Waals surface area contributed by atoms with Crippen molar-refractivity contribution in [2.75, 3.05) is 0 Å². The highest BCUT2D eigenvalue weighted by Crippen LogP contribution is 2.17. The van der Waals surface area contributed by atoms with Crippen LogP contribution >= 0.6 is 0 Å². The van der Waals surface area contributed by atoms with E-state index in [9.17, 15) is 0 Å². The molecule has 2 heterocycles. The molecule has 0 bridgehead atoms. The first-order chi connectivity index (χ1) is 9.54. The number of aromatic nitrogens is 2. The Labute approximate surface area is 122 Å². The van der Waals surface area contributed by atoms with Gasteiger partial charge in [0, 0.05) is 12.4 Å². The Morgan fingerprint density at radius 1 is 0.700 bits per heavy atom. The van der Waals surface area contributed by atoms with E-state index in [0.29, 0.717) is 11.8 Å². The maximum atomic E-state index is 4.53.